The summed E-state index contributed by atoms with van der Waals surface area (Å²) in [6.45, 7) is 6.04. The second-order valence-corrected chi connectivity index (χ2v) is 5.59. The van der Waals surface area contributed by atoms with E-state index >= 15 is 0 Å². The van der Waals surface area contributed by atoms with Crippen molar-refractivity contribution < 1.29 is 14.7 Å². The highest BCUT2D eigenvalue weighted by molar-refractivity contribution is 5.94. The Kier molecular flexibility index (Phi) is 5.25. The molecule has 1 aliphatic rings. The van der Waals surface area contributed by atoms with Crippen molar-refractivity contribution in [1.82, 2.24) is 15.1 Å². The molecule has 22 heavy (non-hydrogen) atoms. The molecule has 0 spiro atoms. The quantitative estimate of drug-likeness (QED) is 0.892. The van der Waals surface area contributed by atoms with Crippen molar-refractivity contribution in [3.63, 3.8) is 0 Å². The van der Waals surface area contributed by atoms with E-state index in [0.717, 1.165) is 6.42 Å². The van der Waals surface area contributed by atoms with Gasteiger partial charge in [0, 0.05) is 37.8 Å². The molecule has 0 radical (unpaired) electrons. The summed E-state index contributed by atoms with van der Waals surface area (Å²) in [4.78, 5) is 27.8. The third-order valence-corrected chi connectivity index (χ3v) is 3.93. The van der Waals surface area contributed by atoms with Gasteiger partial charge in [0.15, 0.2) is 0 Å². The minimum absolute atomic E-state index is 0.0706. The lowest BCUT2D eigenvalue weighted by atomic mass is 10.1. The van der Waals surface area contributed by atoms with Crippen molar-refractivity contribution >= 4 is 11.9 Å². The highest BCUT2D eigenvalue weighted by Crippen LogP contribution is 2.14. The number of urea groups is 1. The van der Waals surface area contributed by atoms with Crippen LogP contribution in [0.25, 0.3) is 0 Å². The third kappa shape index (κ3) is 3.90. The van der Waals surface area contributed by atoms with Crippen molar-refractivity contribution in [1.29, 1.82) is 0 Å². The van der Waals surface area contributed by atoms with E-state index in [1.165, 1.54) is 12.1 Å². The number of carbonyl (C=O) groups excluding carboxylic acids is 2. The molecule has 3 amide bonds. The van der Waals surface area contributed by atoms with Crippen LogP contribution in [-0.2, 0) is 0 Å². The monoisotopic (exact) mass is 305 g/mol. The van der Waals surface area contributed by atoms with Crippen LogP contribution in [0, 0.1) is 0 Å². The molecule has 6 heteroatoms. The van der Waals surface area contributed by atoms with Gasteiger partial charge in [-0.15, -0.1) is 0 Å². The number of hydrogen-bond donors (Lipinski definition) is 2. The Morgan fingerprint density at radius 3 is 2.45 bits per heavy atom. The Morgan fingerprint density at radius 1 is 1.23 bits per heavy atom. The first-order chi connectivity index (χ1) is 10.5. The number of nitrogens with zero attached hydrogens (tertiary/aromatic N) is 2. The number of aromatic hydroxyl groups is 1. The van der Waals surface area contributed by atoms with Crippen molar-refractivity contribution in [2.45, 2.75) is 26.3 Å². The van der Waals surface area contributed by atoms with Gasteiger partial charge in [-0.3, -0.25) is 4.79 Å². The molecule has 1 unspecified atom stereocenters. The second kappa shape index (κ2) is 7.15. The van der Waals surface area contributed by atoms with Crippen LogP contribution in [0.4, 0.5) is 4.79 Å². The maximum absolute atomic E-state index is 12.3. The van der Waals surface area contributed by atoms with Crippen LogP contribution in [0.5, 0.6) is 5.75 Å². The summed E-state index contributed by atoms with van der Waals surface area (Å²) in [7, 11) is 0. The van der Waals surface area contributed by atoms with Gasteiger partial charge >= 0.3 is 6.03 Å². The first-order valence-corrected chi connectivity index (χ1v) is 7.65. The number of benzene rings is 1. The zero-order chi connectivity index (χ0) is 16.1. The highest BCUT2D eigenvalue weighted by atomic mass is 16.3. The Labute approximate surface area is 130 Å². The number of hydrogen-bond acceptors (Lipinski definition) is 3. The fourth-order valence-electron chi connectivity index (χ4n) is 2.34. The standard InChI is InChI=1S/C16H23N3O3/c1-3-12(2)17-16(22)19-9-7-18(8-10-19)15(21)13-5-4-6-14(20)11-13/h4-6,11-12,20H,3,7-10H2,1-2H3,(H,17,22). The summed E-state index contributed by atoms with van der Waals surface area (Å²) in [5.41, 5.74) is 0.470. The topological polar surface area (TPSA) is 72.9 Å². The lowest BCUT2D eigenvalue weighted by molar-refractivity contribution is 0.0663. The SMILES string of the molecule is CCC(C)NC(=O)N1CCN(C(=O)c2cccc(O)c2)CC1. The summed E-state index contributed by atoms with van der Waals surface area (Å²) >= 11 is 0. The number of rotatable bonds is 3. The molecule has 1 aromatic rings. The molecule has 0 bridgehead atoms. The Bertz CT molecular complexity index is 539. The summed E-state index contributed by atoms with van der Waals surface area (Å²) in [6, 6.07) is 6.42. The molecule has 1 fully saturated rings. The molecule has 0 aliphatic carbocycles. The fourth-order valence-corrected chi connectivity index (χ4v) is 2.34. The van der Waals surface area contributed by atoms with Gasteiger partial charge in [-0.2, -0.15) is 0 Å². The Balaban J connectivity index is 1.89. The lowest BCUT2D eigenvalue weighted by Crippen LogP contribution is -2.54. The molecule has 1 aromatic carbocycles. The number of phenols is 1. The van der Waals surface area contributed by atoms with Crippen molar-refractivity contribution in [3.05, 3.63) is 29.8 Å². The van der Waals surface area contributed by atoms with E-state index in [2.05, 4.69) is 5.32 Å². The number of amides is 3. The van der Waals surface area contributed by atoms with Crippen LogP contribution in [-0.4, -0.2) is 59.1 Å². The van der Waals surface area contributed by atoms with Gasteiger partial charge in [0.1, 0.15) is 5.75 Å². The molecule has 6 nitrogen and oxygen atoms in total. The van der Waals surface area contributed by atoms with Crippen LogP contribution >= 0.6 is 0 Å². The van der Waals surface area contributed by atoms with Crippen molar-refractivity contribution in [3.8, 4) is 5.75 Å². The van der Waals surface area contributed by atoms with Crippen LogP contribution in [0.3, 0.4) is 0 Å². The van der Waals surface area contributed by atoms with Gasteiger partial charge < -0.3 is 20.2 Å². The molecule has 1 aliphatic heterocycles. The molecule has 1 heterocycles. The first-order valence-electron chi connectivity index (χ1n) is 7.65. The van der Waals surface area contributed by atoms with Gasteiger partial charge in [0.05, 0.1) is 0 Å². The van der Waals surface area contributed by atoms with Crippen LogP contribution in [0.15, 0.2) is 24.3 Å². The summed E-state index contributed by atoms with van der Waals surface area (Å²) < 4.78 is 0. The van der Waals surface area contributed by atoms with Gasteiger partial charge in [-0.1, -0.05) is 13.0 Å². The van der Waals surface area contributed by atoms with Gasteiger partial charge in [-0.25, -0.2) is 4.79 Å². The minimum atomic E-state index is -0.113. The first kappa shape index (κ1) is 16.1. The highest BCUT2D eigenvalue weighted by Gasteiger charge is 2.25. The van der Waals surface area contributed by atoms with Crippen LogP contribution in [0.1, 0.15) is 30.6 Å². The molecule has 2 N–H and O–H groups in total. The predicted molar refractivity (Wildman–Crippen MR) is 83.9 cm³/mol. The third-order valence-electron chi connectivity index (χ3n) is 3.93. The molecule has 1 saturated heterocycles. The van der Waals surface area contributed by atoms with E-state index in [4.69, 9.17) is 0 Å². The summed E-state index contributed by atoms with van der Waals surface area (Å²) in [5, 5.41) is 12.4. The summed E-state index contributed by atoms with van der Waals surface area (Å²) in [5.74, 6) is -0.0321. The molecule has 0 aromatic heterocycles. The predicted octanol–water partition coefficient (Wildman–Crippen LogP) is 1.66. The molecule has 0 saturated carbocycles. The van der Waals surface area contributed by atoms with E-state index in [1.54, 1.807) is 21.9 Å². The van der Waals surface area contributed by atoms with Gasteiger partial charge in [0.25, 0.3) is 5.91 Å². The molecule has 1 atom stereocenters. The lowest BCUT2D eigenvalue weighted by Gasteiger charge is -2.35. The molecular formula is C16H23N3O3. The maximum atomic E-state index is 12.3. The van der Waals surface area contributed by atoms with Crippen LogP contribution in [0.2, 0.25) is 0 Å². The zero-order valence-electron chi connectivity index (χ0n) is 13.1. The number of nitrogens with one attached hydrogen (secondary N) is 1. The smallest absolute Gasteiger partial charge is 0.317 e. The van der Waals surface area contributed by atoms with Gasteiger partial charge in [0.2, 0.25) is 0 Å². The second-order valence-electron chi connectivity index (χ2n) is 5.59. The zero-order valence-corrected chi connectivity index (χ0v) is 13.1. The Morgan fingerprint density at radius 2 is 1.86 bits per heavy atom. The van der Waals surface area contributed by atoms with E-state index in [1.807, 2.05) is 13.8 Å². The average molecular weight is 305 g/mol. The average Bonchev–Trinajstić information content (AvgIpc) is 2.54. The van der Waals surface area contributed by atoms with E-state index in [-0.39, 0.29) is 23.7 Å². The van der Waals surface area contributed by atoms with E-state index in [9.17, 15) is 14.7 Å². The van der Waals surface area contributed by atoms with E-state index < -0.39 is 0 Å². The van der Waals surface area contributed by atoms with Crippen molar-refractivity contribution in [2.75, 3.05) is 26.2 Å². The minimum Gasteiger partial charge on any atom is -0.508 e. The largest absolute Gasteiger partial charge is 0.508 e. The summed E-state index contributed by atoms with van der Waals surface area (Å²) in [6.07, 6.45) is 0.891. The maximum Gasteiger partial charge on any atom is 0.317 e. The van der Waals surface area contributed by atoms with Crippen LogP contribution < -0.4 is 5.32 Å². The van der Waals surface area contributed by atoms with E-state index in [0.29, 0.717) is 31.7 Å². The number of phenolic OH excluding ortho intramolecular Hbond substituents is 1. The molecule has 120 valence electrons. The molecular weight excluding hydrogens is 282 g/mol. The Hall–Kier alpha value is -2.24. The normalized spacial score (nSPS) is 16.3. The van der Waals surface area contributed by atoms with Crippen molar-refractivity contribution in [2.24, 2.45) is 0 Å². The fraction of sp³-hybridized carbons (Fsp3) is 0.500. The van der Waals surface area contributed by atoms with Gasteiger partial charge in [-0.05, 0) is 31.5 Å². The number of carbonyl (C=O) groups is 2. The molecule has 2 rings (SSSR count). The number of piperazine rings is 1.